The Morgan fingerprint density at radius 3 is 2.94 bits per heavy atom. The first-order valence-corrected chi connectivity index (χ1v) is 5.99. The molecule has 1 saturated heterocycles. The number of hydrogen-bond donors (Lipinski definition) is 1. The minimum atomic E-state index is -0.0836. The lowest BCUT2D eigenvalue weighted by Crippen LogP contribution is -2.56. The molecule has 1 N–H and O–H groups in total. The summed E-state index contributed by atoms with van der Waals surface area (Å²) >= 11 is 0. The zero-order valence-corrected chi connectivity index (χ0v) is 10.2. The van der Waals surface area contributed by atoms with E-state index in [0.717, 1.165) is 13.1 Å². The van der Waals surface area contributed by atoms with E-state index in [0.29, 0.717) is 23.6 Å². The van der Waals surface area contributed by atoms with E-state index in [1.54, 1.807) is 12.1 Å². The molecule has 1 aromatic carbocycles. The molecule has 6 heteroatoms. The average molecular weight is 245 g/mol. The number of nitrogens with zero attached hydrogens (tertiary/aromatic N) is 4. The SMILES string of the molecule is CN(Cn1nnc2ccccc2c1=O)C1CNC1. The Morgan fingerprint density at radius 1 is 1.44 bits per heavy atom. The molecular formula is C12H15N5O. The summed E-state index contributed by atoms with van der Waals surface area (Å²) < 4.78 is 1.42. The van der Waals surface area contributed by atoms with E-state index in [-0.39, 0.29) is 5.56 Å². The molecule has 1 aliphatic heterocycles. The average Bonchev–Trinajstić information content (AvgIpc) is 2.31. The molecule has 0 saturated carbocycles. The van der Waals surface area contributed by atoms with Crippen LogP contribution in [-0.2, 0) is 6.67 Å². The van der Waals surface area contributed by atoms with E-state index in [1.807, 2.05) is 19.2 Å². The second kappa shape index (κ2) is 4.47. The molecule has 0 atom stereocenters. The minimum Gasteiger partial charge on any atom is -0.314 e. The monoisotopic (exact) mass is 245 g/mol. The van der Waals surface area contributed by atoms with Gasteiger partial charge in [-0.15, -0.1) is 5.10 Å². The third-order valence-corrected chi connectivity index (χ3v) is 3.37. The van der Waals surface area contributed by atoms with Gasteiger partial charge in [0.05, 0.1) is 12.1 Å². The van der Waals surface area contributed by atoms with Crippen LogP contribution in [0.5, 0.6) is 0 Å². The van der Waals surface area contributed by atoms with Crippen molar-refractivity contribution in [2.24, 2.45) is 0 Å². The fraction of sp³-hybridized carbons (Fsp3) is 0.417. The summed E-state index contributed by atoms with van der Waals surface area (Å²) in [7, 11) is 1.99. The molecule has 18 heavy (non-hydrogen) atoms. The Morgan fingerprint density at radius 2 is 2.22 bits per heavy atom. The van der Waals surface area contributed by atoms with E-state index in [2.05, 4.69) is 20.5 Å². The van der Waals surface area contributed by atoms with Gasteiger partial charge in [-0.25, -0.2) is 0 Å². The van der Waals surface area contributed by atoms with Gasteiger partial charge >= 0.3 is 0 Å². The molecule has 0 amide bonds. The van der Waals surface area contributed by atoms with Crippen LogP contribution in [0.15, 0.2) is 29.1 Å². The first kappa shape index (κ1) is 11.3. The first-order chi connectivity index (χ1) is 8.75. The van der Waals surface area contributed by atoms with E-state index < -0.39 is 0 Å². The maximum absolute atomic E-state index is 12.2. The van der Waals surface area contributed by atoms with Crippen LogP contribution in [0, 0.1) is 0 Å². The highest BCUT2D eigenvalue weighted by Crippen LogP contribution is 2.05. The Bertz CT molecular complexity index is 619. The Hall–Kier alpha value is -1.79. The van der Waals surface area contributed by atoms with Crippen LogP contribution in [0.4, 0.5) is 0 Å². The number of hydrogen-bond acceptors (Lipinski definition) is 5. The minimum absolute atomic E-state index is 0.0836. The third kappa shape index (κ3) is 1.89. The number of aromatic nitrogens is 3. The normalized spacial score (nSPS) is 16.1. The lowest BCUT2D eigenvalue weighted by molar-refractivity contribution is 0.132. The molecule has 0 bridgehead atoms. The molecule has 0 radical (unpaired) electrons. The topological polar surface area (TPSA) is 63.1 Å². The standard InChI is InChI=1S/C12H15N5O/c1-16(9-6-13-7-9)8-17-12(18)10-4-2-3-5-11(10)14-15-17/h2-5,9,13H,6-8H2,1H3. The number of rotatable bonds is 3. The highest BCUT2D eigenvalue weighted by Gasteiger charge is 2.22. The second-order valence-electron chi connectivity index (χ2n) is 4.62. The summed E-state index contributed by atoms with van der Waals surface area (Å²) in [5, 5.41) is 11.9. The quantitative estimate of drug-likeness (QED) is 0.801. The van der Waals surface area contributed by atoms with Crippen LogP contribution in [0.2, 0.25) is 0 Å². The van der Waals surface area contributed by atoms with Crippen molar-refractivity contribution in [3.63, 3.8) is 0 Å². The zero-order chi connectivity index (χ0) is 12.5. The highest BCUT2D eigenvalue weighted by atomic mass is 16.1. The second-order valence-corrected chi connectivity index (χ2v) is 4.62. The smallest absolute Gasteiger partial charge is 0.278 e. The van der Waals surface area contributed by atoms with Crippen LogP contribution in [-0.4, -0.2) is 46.1 Å². The molecule has 6 nitrogen and oxygen atoms in total. The van der Waals surface area contributed by atoms with E-state index in [4.69, 9.17) is 0 Å². The van der Waals surface area contributed by atoms with Gasteiger partial charge in [-0.05, 0) is 19.2 Å². The molecule has 0 spiro atoms. The van der Waals surface area contributed by atoms with Crippen LogP contribution in [0.1, 0.15) is 0 Å². The predicted octanol–water partition coefficient (Wildman–Crippen LogP) is -0.347. The van der Waals surface area contributed by atoms with Gasteiger partial charge in [0.1, 0.15) is 5.52 Å². The lowest BCUT2D eigenvalue weighted by Gasteiger charge is -2.35. The number of fused-ring (bicyclic) bond motifs is 1. The van der Waals surface area contributed by atoms with E-state index >= 15 is 0 Å². The van der Waals surface area contributed by atoms with Gasteiger partial charge in [-0.3, -0.25) is 9.69 Å². The Labute approximate surface area is 104 Å². The van der Waals surface area contributed by atoms with Crippen molar-refractivity contribution in [3.05, 3.63) is 34.6 Å². The summed E-state index contributed by atoms with van der Waals surface area (Å²) in [6.45, 7) is 2.40. The van der Waals surface area contributed by atoms with E-state index in [1.165, 1.54) is 4.68 Å². The third-order valence-electron chi connectivity index (χ3n) is 3.37. The maximum atomic E-state index is 12.2. The van der Waals surface area contributed by atoms with Gasteiger partial charge in [0, 0.05) is 19.1 Å². The predicted molar refractivity (Wildman–Crippen MR) is 68.2 cm³/mol. The van der Waals surface area contributed by atoms with Gasteiger partial charge in [0.25, 0.3) is 5.56 Å². The summed E-state index contributed by atoms with van der Waals surface area (Å²) in [4.78, 5) is 14.3. The molecule has 0 aliphatic carbocycles. The molecule has 2 aromatic rings. The van der Waals surface area contributed by atoms with Crippen LogP contribution in [0.3, 0.4) is 0 Å². The fourth-order valence-electron chi connectivity index (χ4n) is 2.03. The largest absolute Gasteiger partial charge is 0.314 e. The van der Waals surface area contributed by atoms with Crippen molar-refractivity contribution in [3.8, 4) is 0 Å². The van der Waals surface area contributed by atoms with Crippen molar-refractivity contribution >= 4 is 10.9 Å². The van der Waals surface area contributed by atoms with Gasteiger partial charge in [-0.1, -0.05) is 17.3 Å². The van der Waals surface area contributed by atoms with Crippen molar-refractivity contribution in [1.82, 2.24) is 25.2 Å². The van der Waals surface area contributed by atoms with Gasteiger partial charge in [0.2, 0.25) is 0 Å². The zero-order valence-electron chi connectivity index (χ0n) is 10.2. The summed E-state index contributed by atoms with van der Waals surface area (Å²) in [6, 6.07) is 7.76. The van der Waals surface area contributed by atoms with Crippen molar-refractivity contribution < 1.29 is 0 Å². The number of benzene rings is 1. The molecule has 3 rings (SSSR count). The molecule has 94 valence electrons. The summed E-state index contributed by atoms with van der Waals surface area (Å²) in [5.41, 5.74) is 0.562. The van der Waals surface area contributed by atoms with Gasteiger partial charge < -0.3 is 5.32 Å². The summed E-state index contributed by atoms with van der Waals surface area (Å²) in [5.74, 6) is 0. The highest BCUT2D eigenvalue weighted by molar-refractivity contribution is 5.76. The van der Waals surface area contributed by atoms with E-state index in [9.17, 15) is 4.79 Å². The van der Waals surface area contributed by atoms with Crippen LogP contribution in [0.25, 0.3) is 10.9 Å². The Balaban J connectivity index is 1.92. The van der Waals surface area contributed by atoms with Crippen LogP contribution >= 0.6 is 0 Å². The molecule has 0 unspecified atom stereocenters. The Kier molecular flexibility index (Phi) is 2.81. The van der Waals surface area contributed by atoms with Crippen molar-refractivity contribution in [1.29, 1.82) is 0 Å². The van der Waals surface area contributed by atoms with Crippen molar-refractivity contribution in [2.45, 2.75) is 12.7 Å². The molecule has 2 heterocycles. The lowest BCUT2D eigenvalue weighted by atomic mass is 10.1. The number of nitrogens with one attached hydrogen (secondary N) is 1. The molecule has 1 aromatic heterocycles. The molecule has 1 aliphatic rings. The van der Waals surface area contributed by atoms with Crippen LogP contribution < -0.4 is 10.9 Å². The van der Waals surface area contributed by atoms with Crippen molar-refractivity contribution in [2.75, 3.05) is 20.1 Å². The fourth-order valence-corrected chi connectivity index (χ4v) is 2.03. The maximum Gasteiger partial charge on any atom is 0.278 e. The summed E-state index contributed by atoms with van der Waals surface area (Å²) in [6.07, 6.45) is 0. The first-order valence-electron chi connectivity index (χ1n) is 5.99. The molecular weight excluding hydrogens is 230 g/mol. The van der Waals surface area contributed by atoms with Gasteiger partial charge in [-0.2, -0.15) is 4.68 Å². The molecule has 1 fully saturated rings. The number of likely N-dealkylation sites (N-methyl/N-ethyl adjacent to an activating group) is 1. The van der Waals surface area contributed by atoms with Gasteiger partial charge in [0.15, 0.2) is 0 Å².